The van der Waals surface area contributed by atoms with Crippen LogP contribution < -0.4 is 16.0 Å². The predicted octanol–water partition coefficient (Wildman–Crippen LogP) is 8.89. The van der Waals surface area contributed by atoms with E-state index in [0.717, 1.165) is 16.8 Å². The molecule has 0 fully saturated rings. The molecule has 1 aromatic heterocycles. The maximum absolute atomic E-state index is 13.2. The molecule has 0 amide bonds. The van der Waals surface area contributed by atoms with Gasteiger partial charge in [-0.1, -0.05) is 42.5 Å². The van der Waals surface area contributed by atoms with Gasteiger partial charge in [-0.05, 0) is 71.9 Å². The van der Waals surface area contributed by atoms with Crippen LogP contribution >= 0.6 is 12.2 Å². The van der Waals surface area contributed by atoms with E-state index >= 15 is 0 Å². The predicted molar refractivity (Wildman–Crippen MR) is 151 cm³/mol. The van der Waals surface area contributed by atoms with Crippen LogP contribution in [0.4, 0.5) is 49.2 Å². The van der Waals surface area contributed by atoms with Crippen LogP contribution in [0.15, 0.2) is 97.3 Å². The van der Waals surface area contributed by atoms with Gasteiger partial charge < -0.3 is 16.0 Å². The minimum atomic E-state index is -4.98. The average Bonchev–Trinajstić information content (AvgIpc) is 2.93. The molecule has 1 heterocycles. The fraction of sp³-hybridized carbons (Fsp3) is 0.0690. The first-order chi connectivity index (χ1) is 19.5. The lowest BCUT2D eigenvalue weighted by atomic mass is 10.1. The van der Waals surface area contributed by atoms with E-state index in [9.17, 15) is 26.3 Å². The molecule has 0 bridgehead atoms. The molecule has 208 valence electrons. The third-order valence-electron chi connectivity index (χ3n) is 5.99. The van der Waals surface area contributed by atoms with Crippen molar-refractivity contribution in [3.63, 3.8) is 0 Å². The number of hydrogen-bond acceptors (Lipinski definition) is 4. The maximum Gasteiger partial charge on any atom is 0.416 e. The molecule has 0 aliphatic heterocycles. The van der Waals surface area contributed by atoms with Crippen molar-refractivity contribution in [3.8, 4) is 11.1 Å². The SMILES string of the molecule is FC(F)(F)c1cc(NC(=S)Nc2ccc3ncnc(Nc4ccc(-c5ccccc5)cc4)c3c2)cc(C(F)(F)F)c1. The van der Waals surface area contributed by atoms with Crippen LogP contribution in [0.25, 0.3) is 22.0 Å². The molecule has 0 spiro atoms. The summed E-state index contributed by atoms with van der Waals surface area (Å²) in [5.41, 5.74) is 0.531. The zero-order chi connectivity index (χ0) is 29.2. The van der Waals surface area contributed by atoms with Gasteiger partial charge in [-0.3, -0.25) is 0 Å². The number of nitrogens with zero attached hydrogens (tertiary/aromatic N) is 2. The van der Waals surface area contributed by atoms with Gasteiger partial charge >= 0.3 is 12.4 Å². The summed E-state index contributed by atoms with van der Waals surface area (Å²) < 4.78 is 79.2. The molecule has 0 atom stereocenters. The molecule has 0 unspecified atom stereocenters. The average molecular weight is 584 g/mol. The summed E-state index contributed by atoms with van der Waals surface area (Å²) in [4.78, 5) is 8.57. The number of aromatic nitrogens is 2. The molecular weight excluding hydrogens is 564 g/mol. The minimum Gasteiger partial charge on any atom is -0.340 e. The highest BCUT2D eigenvalue weighted by Gasteiger charge is 2.37. The van der Waals surface area contributed by atoms with Crippen LogP contribution in [0.3, 0.4) is 0 Å². The molecule has 4 aromatic carbocycles. The second kappa shape index (κ2) is 11.0. The fourth-order valence-electron chi connectivity index (χ4n) is 4.07. The lowest BCUT2D eigenvalue weighted by Gasteiger charge is -2.16. The molecule has 41 heavy (non-hydrogen) atoms. The third kappa shape index (κ3) is 6.72. The quantitative estimate of drug-likeness (QED) is 0.142. The van der Waals surface area contributed by atoms with Crippen molar-refractivity contribution in [1.82, 2.24) is 9.97 Å². The van der Waals surface area contributed by atoms with E-state index < -0.39 is 29.2 Å². The van der Waals surface area contributed by atoms with Crippen LogP contribution in [0.5, 0.6) is 0 Å². The highest BCUT2D eigenvalue weighted by atomic mass is 32.1. The lowest BCUT2D eigenvalue weighted by molar-refractivity contribution is -0.143. The zero-order valence-electron chi connectivity index (χ0n) is 20.8. The largest absolute Gasteiger partial charge is 0.416 e. The third-order valence-corrected chi connectivity index (χ3v) is 6.20. The standard InChI is InChI=1S/C29H19F6N5S/c30-28(31,32)19-12-20(29(33,34)35)14-23(13-19)40-27(41)39-22-10-11-25-24(15-22)26(37-16-36-25)38-21-8-6-18(7-9-21)17-4-2-1-3-5-17/h1-16H,(H,36,37,38)(H2,39,40,41). The molecule has 5 aromatic rings. The smallest absolute Gasteiger partial charge is 0.340 e. The topological polar surface area (TPSA) is 61.9 Å². The summed E-state index contributed by atoms with van der Waals surface area (Å²) in [7, 11) is 0. The Kier molecular flexibility index (Phi) is 7.50. The normalized spacial score (nSPS) is 11.8. The first-order valence-corrected chi connectivity index (χ1v) is 12.4. The molecule has 0 saturated heterocycles. The van der Waals surface area contributed by atoms with Gasteiger partial charge in [0.1, 0.15) is 12.1 Å². The Morgan fingerprint density at radius 1 is 0.610 bits per heavy atom. The number of benzene rings is 4. The first-order valence-electron chi connectivity index (χ1n) is 12.0. The van der Waals surface area contributed by atoms with Gasteiger partial charge in [0.25, 0.3) is 0 Å². The van der Waals surface area contributed by atoms with Crippen LogP contribution in [0, 0.1) is 0 Å². The molecule has 5 nitrogen and oxygen atoms in total. The summed E-state index contributed by atoms with van der Waals surface area (Å²) in [5, 5.41) is 8.84. The lowest BCUT2D eigenvalue weighted by Crippen LogP contribution is -2.20. The van der Waals surface area contributed by atoms with E-state index in [0.29, 0.717) is 34.5 Å². The van der Waals surface area contributed by atoms with Crippen LogP contribution in [-0.2, 0) is 12.4 Å². The van der Waals surface area contributed by atoms with Gasteiger partial charge in [-0.2, -0.15) is 26.3 Å². The van der Waals surface area contributed by atoms with Gasteiger partial charge in [0, 0.05) is 22.4 Å². The van der Waals surface area contributed by atoms with Crippen molar-refractivity contribution >= 4 is 51.1 Å². The molecule has 5 rings (SSSR count). The molecule has 12 heteroatoms. The number of rotatable bonds is 5. The van der Waals surface area contributed by atoms with E-state index in [1.807, 2.05) is 54.6 Å². The summed E-state index contributed by atoms with van der Waals surface area (Å²) in [6, 6.07) is 23.8. The van der Waals surface area contributed by atoms with Gasteiger partial charge in [0.15, 0.2) is 5.11 Å². The maximum atomic E-state index is 13.2. The van der Waals surface area contributed by atoms with Gasteiger partial charge in [-0.15, -0.1) is 0 Å². The van der Waals surface area contributed by atoms with Crippen molar-refractivity contribution < 1.29 is 26.3 Å². The molecule has 0 aliphatic carbocycles. The van der Waals surface area contributed by atoms with Crippen molar-refractivity contribution in [3.05, 3.63) is 108 Å². The monoisotopic (exact) mass is 583 g/mol. The van der Waals surface area contributed by atoms with Gasteiger partial charge in [-0.25, -0.2) is 9.97 Å². The molecule has 3 N–H and O–H groups in total. The highest BCUT2D eigenvalue weighted by molar-refractivity contribution is 7.80. The first kappa shape index (κ1) is 27.8. The second-order valence-electron chi connectivity index (χ2n) is 8.90. The minimum absolute atomic E-state index is 0.0503. The number of thiocarbonyl (C=S) groups is 1. The Hall–Kier alpha value is -4.71. The van der Waals surface area contributed by atoms with Crippen molar-refractivity contribution in [1.29, 1.82) is 0 Å². The van der Waals surface area contributed by atoms with E-state index in [2.05, 4.69) is 25.9 Å². The van der Waals surface area contributed by atoms with E-state index in [1.165, 1.54) is 6.33 Å². The molecule has 0 radical (unpaired) electrons. The van der Waals surface area contributed by atoms with Crippen molar-refractivity contribution in [2.24, 2.45) is 0 Å². The Bertz CT molecular complexity index is 1670. The Labute approximate surface area is 235 Å². The van der Waals surface area contributed by atoms with Crippen LogP contribution in [0.2, 0.25) is 0 Å². The van der Waals surface area contributed by atoms with Crippen molar-refractivity contribution in [2.75, 3.05) is 16.0 Å². The highest BCUT2D eigenvalue weighted by Crippen LogP contribution is 2.37. The number of nitrogens with one attached hydrogen (secondary N) is 3. The summed E-state index contributed by atoms with van der Waals surface area (Å²) in [6.45, 7) is 0. The summed E-state index contributed by atoms with van der Waals surface area (Å²) in [6.07, 6.45) is -8.55. The second-order valence-corrected chi connectivity index (χ2v) is 9.30. The summed E-state index contributed by atoms with van der Waals surface area (Å²) >= 11 is 5.17. The Morgan fingerprint density at radius 3 is 1.83 bits per heavy atom. The van der Waals surface area contributed by atoms with Crippen molar-refractivity contribution in [2.45, 2.75) is 12.4 Å². The number of hydrogen-bond donors (Lipinski definition) is 3. The Morgan fingerprint density at radius 2 is 1.20 bits per heavy atom. The number of alkyl halides is 6. The van der Waals surface area contributed by atoms with Crippen LogP contribution in [-0.4, -0.2) is 15.1 Å². The fourth-order valence-corrected chi connectivity index (χ4v) is 4.30. The van der Waals surface area contributed by atoms with E-state index in [1.54, 1.807) is 18.2 Å². The molecule has 0 saturated carbocycles. The molecule has 0 aliphatic rings. The Balaban J connectivity index is 1.35. The molecular formula is C29H19F6N5S. The number of anilines is 4. The van der Waals surface area contributed by atoms with E-state index in [-0.39, 0.29) is 11.2 Å². The number of halogens is 6. The van der Waals surface area contributed by atoms with Crippen LogP contribution in [0.1, 0.15) is 11.1 Å². The van der Waals surface area contributed by atoms with Gasteiger partial charge in [0.2, 0.25) is 0 Å². The van der Waals surface area contributed by atoms with Gasteiger partial charge in [0.05, 0.1) is 16.6 Å². The van der Waals surface area contributed by atoms with E-state index in [4.69, 9.17) is 12.2 Å². The summed E-state index contributed by atoms with van der Waals surface area (Å²) in [5.74, 6) is 0.484. The number of fused-ring (bicyclic) bond motifs is 1. The zero-order valence-corrected chi connectivity index (χ0v) is 21.6.